The predicted molar refractivity (Wildman–Crippen MR) is 97.1 cm³/mol. The highest BCUT2D eigenvalue weighted by Gasteiger charge is 2.17. The van der Waals surface area contributed by atoms with Crippen molar-refractivity contribution in [2.45, 2.75) is 25.3 Å². The van der Waals surface area contributed by atoms with Gasteiger partial charge in [0.15, 0.2) is 5.69 Å². The summed E-state index contributed by atoms with van der Waals surface area (Å²) in [6.07, 6.45) is 4.19. The van der Waals surface area contributed by atoms with E-state index in [1.807, 2.05) is 10.9 Å². The molecule has 2 amide bonds. The van der Waals surface area contributed by atoms with Crippen molar-refractivity contribution in [2.24, 2.45) is 5.73 Å². The molecule has 4 N–H and O–H groups in total. The molecule has 1 aromatic carbocycles. The van der Waals surface area contributed by atoms with E-state index in [9.17, 15) is 9.59 Å². The Labute approximate surface area is 151 Å². The highest BCUT2D eigenvalue weighted by molar-refractivity contribution is 6.02. The maximum absolute atomic E-state index is 12.4. The highest BCUT2D eigenvalue weighted by atomic mass is 16.5. The van der Waals surface area contributed by atoms with Gasteiger partial charge >= 0.3 is 0 Å². The number of carbonyl (C=O) groups is 2. The Balaban J connectivity index is 1.54. The Morgan fingerprint density at radius 3 is 2.81 bits per heavy atom. The van der Waals surface area contributed by atoms with Gasteiger partial charge in [0.25, 0.3) is 5.91 Å². The lowest BCUT2D eigenvalue weighted by Crippen LogP contribution is -2.32. The molecule has 8 nitrogen and oxygen atoms in total. The van der Waals surface area contributed by atoms with Crippen LogP contribution in [0.15, 0.2) is 36.5 Å². The summed E-state index contributed by atoms with van der Waals surface area (Å²) in [5.74, 6) is -0.0504. The van der Waals surface area contributed by atoms with E-state index < -0.39 is 5.91 Å². The number of primary amides is 1. The first-order valence-corrected chi connectivity index (χ1v) is 8.70. The zero-order chi connectivity index (χ0) is 18.4. The van der Waals surface area contributed by atoms with Crippen LogP contribution in [0.3, 0.4) is 0 Å². The number of rotatable bonds is 7. The molecule has 0 bridgehead atoms. The van der Waals surface area contributed by atoms with E-state index in [0.717, 1.165) is 25.9 Å². The number of anilines is 1. The summed E-state index contributed by atoms with van der Waals surface area (Å²) in [7, 11) is 0. The van der Waals surface area contributed by atoms with Gasteiger partial charge in [0, 0.05) is 18.4 Å². The Hall–Kier alpha value is -2.87. The van der Waals surface area contributed by atoms with E-state index in [0.29, 0.717) is 23.2 Å². The van der Waals surface area contributed by atoms with Crippen LogP contribution in [0.2, 0.25) is 0 Å². The van der Waals surface area contributed by atoms with E-state index in [2.05, 4.69) is 15.7 Å². The summed E-state index contributed by atoms with van der Waals surface area (Å²) in [4.78, 5) is 23.0. The van der Waals surface area contributed by atoms with Crippen LogP contribution < -0.4 is 21.1 Å². The van der Waals surface area contributed by atoms with Crippen LogP contribution >= 0.6 is 0 Å². The molecule has 0 spiro atoms. The Bertz CT molecular complexity index is 750. The second-order valence-electron chi connectivity index (χ2n) is 6.22. The van der Waals surface area contributed by atoms with Crippen molar-refractivity contribution < 1.29 is 14.3 Å². The predicted octanol–water partition coefficient (Wildman–Crippen LogP) is 1.31. The lowest BCUT2D eigenvalue weighted by molar-refractivity contribution is -0.118. The van der Waals surface area contributed by atoms with Crippen LogP contribution in [0.4, 0.5) is 5.69 Å². The van der Waals surface area contributed by atoms with Gasteiger partial charge in [0.1, 0.15) is 5.75 Å². The van der Waals surface area contributed by atoms with Gasteiger partial charge in [-0.25, -0.2) is 0 Å². The standard InChI is InChI=1S/C18H23N5O3/c19-17(24)8-11-26-15-5-3-13(4-6-15)21-18(25)16-7-10-23(22-16)14-2-1-9-20-12-14/h3-7,10,14,20H,1-2,8-9,11-12H2,(H2,19,24)(H,21,25). The smallest absolute Gasteiger partial charge is 0.276 e. The van der Waals surface area contributed by atoms with Gasteiger partial charge in [-0.1, -0.05) is 0 Å². The molecule has 1 fully saturated rings. The van der Waals surface area contributed by atoms with Crippen molar-refractivity contribution in [3.05, 3.63) is 42.2 Å². The second-order valence-corrected chi connectivity index (χ2v) is 6.22. The fraction of sp³-hybridized carbons (Fsp3) is 0.389. The van der Waals surface area contributed by atoms with Crippen molar-refractivity contribution in [1.29, 1.82) is 0 Å². The number of aromatic nitrogens is 2. The number of piperidine rings is 1. The lowest BCUT2D eigenvalue weighted by atomic mass is 10.1. The first-order chi connectivity index (χ1) is 12.6. The van der Waals surface area contributed by atoms with Crippen LogP contribution in [-0.2, 0) is 4.79 Å². The Kier molecular flexibility index (Phi) is 5.85. The quantitative estimate of drug-likeness (QED) is 0.692. The summed E-state index contributed by atoms with van der Waals surface area (Å²) in [6, 6.07) is 8.94. The number of ether oxygens (including phenoxy) is 1. The monoisotopic (exact) mass is 357 g/mol. The third kappa shape index (κ3) is 4.82. The van der Waals surface area contributed by atoms with Gasteiger partial charge in [0.2, 0.25) is 5.91 Å². The molecule has 3 rings (SSSR count). The van der Waals surface area contributed by atoms with Gasteiger partial charge in [-0.2, -0.15) is 5.10 Å². The summed E-state index contributed by atoms with van der Waals surface area (Å²) in [5.41, 5.74) is 6.09. The molecule has 0 aliphatic carbocycles. The first kappa shape index (κ1) is 17.9. The Morgan fingerprint density at radius 2 is 2.12 bits per heavy atom. The van der Waals surface area contributed by atoms with Gasteiger partial charge in [0.05, 0.1) is 19.1 Å². The van der Waals surface area contributed by atoms with E-state index in [1.54, 1.807) is 30.3 Å². The van der Waals surface area contributed by atoms with Gasteiger partial charge < -0.3 is 21.1 Å². The average Bonchev–Trinajstić information content (AvgIpc) is 3.14. The number of carbonyl (C=O) groups excluding carboxylic acids is 2. The van der Waals surface area contributed by atoms with Gasteiger partial charge in [-0.15, -0.1) is 0 Å². The SMILES string of the molecule is NC(=O)CCOc1ccc(NC(=O)c2ccn(C3CCCNC3)n2)cc1. The molecule has 2 aromatic rings. The topological polar surface area (TPSA) is 111 Å². The summed E-state index contributed by atoms with van der Waals surface area (Å²) in [5, 5.41) is 10.6. The zero-order valence-corrected chi connectivity index (χ0v) is 14.5. The minimum absolute atomic E-state index is 0.164. The summed E-state index contributed by atoms with van der Waals surface area (Å²) >= 11 is 0. The molecule has 1 saturated heterocycles. The second kappa shape index (κ2) is 8.48. The maximum Gasteiger partial charge on any atom is 0.276 e. The minimum atomic E-state index is -0.405. The average molecular weight is 357 g/mol. The van der Waals surface area contributed by atoms with Gasteiger partial charge in [-0.05, 0) is 49.7 Å². The molecular formula is C18H23N5O3. The van der Waals surface area contributed by atoms with Crippen molar-refractivity contribution in [3.63, 3.8) is 0 Å². The molecule has 1 aromatic heterocycles. The van der Waals surface area contributed by atoms with Crippen molar-refractivity contribution in [2.75, 3.05) is 25.0 Å². The number of nitrogens with one attached hydrogen (secondary N) is 2. The van der Waals surface area contributed by atoms with E-state index in [4.69, 9.17) is 10.5 Å². The number of nitrogens with two attached hydrogens (primary N) is 1. The maximum atomic E-state index is 12.4. The molecule has 2 heterocycles. The molecule has 0 radical (unpaired) electrons. The summed E-state index contributed by atoms with van der Waals surface area (Å²) in [6.45, 7) is 2.14. The van der Waals surface area contributed by atoms with Crippen LogP contribution in [0.25, 0.3) is 0 Å². The first-order valence-electron chi connectivity index (χ1n) is 8.70. The number of amides is 2. The molecule has 138 valence electrons. The molecule has 1 atom stereocenters. The number of hydrogen-bond acceptors (Lipinski definition) is 5. The molecule has 1 aliphatic rings. The molecule has 1 aliphatic heterocycles. The minimum Gasteiger partial charge on any atom is -0.493 e. The van der Waals surface area contributed by atoms with E-state index in [1.165, 1.54) is 0 Å². The van der Waals surface area contributed by atoms with Crippen LogP contribution in [0.1, 0.15) is 35.8 Å². The molecule has 0 saturated carbocycles. The van der Waals surface area contributed by atoms with Crippen molar-refractivity contribution >= 4 is 17.5 Å². The normalized spacial score (nSPS) is 16.8. The molecule has 8 heteroatoms. The number of nitrogens with zero attached hydrogens (tertiary/aromatic N) is 2. The van der Waals surface area contributed by atoms with Crippen molar-refractivity contribution in [1.82, 2.24) is 15.1 Å². The third-order valence-electron chi connectivity index (χ3n) is 4.22. The van der Waals surface area contributed by atoms with Gasteiger partial charge in [-0.3, -0.25) is 14.3 Å². The van der Waals surface area contributed by atoms with E-state index >= 15 is 0 Å². The number of benzene rings is 1. The number of hydrogen-bond donors (Lipinski definition) is 3. The van der Waals surface area contributed by atoms with E-state index in [-0.39, 0.29) is 18.9 Å². The lowest BCUT2D eigenvalue weighted by Gasteiger charge is -2.22. The van der Waals surface area contributed by atoms with Crippen LogP contribution in [-0.4, -0.2) is 41.3 Å². The largest absolute Gasteiger partial charge is 0.493 e. The fourth-order valence-corrected chi connectivity index (χ4v) is 2.82. The van der Waals surface area contributed by atoms with Crippen LogP contribution in [0.5, 0.6) is 5.75 Å². The third-order valence-corrected chi connectivity index (χ3v) is 4.22. The van der Waals surface area contributed by atoms with Crippen molar-refractivity contribution in [3.8, 4) is 5.75 Å². The zero-order valence-electron chi connectivity index (χ0n) is 14.5. The summed E-state index contributed by atoms with van der Waals surface area (Å²) < 4.78 is 7.25. The Morgan fingerprint density at radius 1 is 1.31 bits per heavy atom. The molecule has 1 unspecified atom stereocenters. The fourth-order valence-electron chi connectivity index (χ4n) is 2.82. The highest BCUT2D eigenvalue weighted by Crippen LogP contribution is 2.18. The molecule has 26 heavy (non-hydrogen) atoms. The molecular weight excluding hydrogens is 334 g/mol. The van der Waals surface area contributed by atoms with Crippen LogP contribution in [0, 0.1) is 0 Å².